The lowest BCUT2D eigenvalue weighted by molar-refractivity contribution is -0.144. The number of likely N-dealkylation sites (N-methyl/N-ethyl adjacent to an activating group) is 1. The van der Waals surface area contributed by atoms with Gasteiger partial charge in [0.2, 0.25) is 0 Å². The van der Waals surface area contributed by atoms with Gasteiger partial charge in [-0.25, -0.2) is 4.79 Å². The predicted molar refractivity (Wildman–Crippen MR) is 135 cm³/mol. The van der Waals surface area contributed by atoms with E-state index in [0.717, 1.165) is 0 Å². The Morgan fingerprint density at radius 3 is 2.86 bits per heavy atom. The number of cyclic esters (lactones) is 1. The van der Waals surface area contributed by atoms with Crippen LogP contribution in [-0.2, 0) is 27.4 Å². The molecule has 0 radical (unpaired) electrons. The Morgan fingerprint density at radius 1 is 1.22 bits per heavy atom. The fourth-order valence-corrected chi connectivity index (χ4v) is 4.05. The van der Waals surface area contributed by atoms with Crippen molar-refractivity contribution in [3.05, 3.63) is 30.1 Å². The van der Waals surface area contributed by atoms with Gasteiger partial charge in [0.05, 0.1) is 18.9 Å². The number of fused-ring (bicyclic) bond motifs is 3. The minimum atomic E-state index is -0.281. The summed E-state index contributed by atoms with van der Waals surface area (Å²) in [6, 6.07) is 5.05. The highest BCUT2D eigenvalue weighted by atomic mass is 16.6. The Labute approximate surface area is 216 Å². The van der Waals surface area contributed by atoms with Gasteiger partial charge in [0, 0.05) is 50.9 Å². The summed E-state index contributed by atoms with van der Waals surface area (Å²) in [4.78, 5) is 26.6. The molecule has 0 spiro atoms. The number of amides is 2. The third-order valence-corrected chi connectivity index (χ3v) is 6.31. The first-order valence-corrected chi connectivity index (χ1v) is 12.7. The largest absolute Gasteiger partial charge is 0.486 e. The molecule has 3 heterocycles. The normalized spacial score (nSPS) is 23.1. The molecule has 0 fully saturated rings. The van der Waals surface area contributed by atoms with Crippen LogP contribution < -0.4 is 20.1 Å². The number of hydrogen-bond acceptors (Lipinski definition) is 9. The van der Waals surface area contributed by atoms with Gasteiger partial charge in [-0.1, -0.05) is 12.1 Å². The quantitative estimate of drug-likeness (QED) is 0.589. The Morgan fingerprint density at radius 2 is 2.03 bits per heavy atom. The van der Waals surface area contributed by atoms with Crippen LogP contribution in [0.1, 0.15) is 32.4 Å². The Balaban J connectivity index is 1.39. The number of carbonyl (C=O) groups excluding carboxylic acids is 2. The fraction of sp³-hybridized carbons (Fsp3) is 0.600. The first kappa shape index (κ1) is 26.7. The van der Waals surface area contributed by atoms with Gasteiger partial charge in [-0.15, -0.1) is 5.10 Å². The third kappa shape index (κ3) is 7.80. The van der Waals surface area contributed by atoms with Crippen molar-refractivity contribution in [2.75, 3.05) is 45.3 Å². The van der Waals surface area contributed by atoms with Crippen molar-refractivity contribution >= 4 is 17.7 Å². The molecule has 0 aliphatic carbocycles. The monoisotopic (exact) mass is 516 g/mol. The van der Waals surface area contributed by atoms with Crippen molar-refractivity contribution in [1.82, 2.24) is 25.2 Å². The average Bonchev–Trinajstić information content (AvgIpc) is 3.35. The van der Waals surface area contributed by atoms with Gasteiger partial charge in [-0.3, -0.25) is 9.48 Å². The highest BCUT2D eigenvalue weighted by molar-refractivity contribution is 5.89. The van der Waals surface area contributed by atoms with E-state index in [1.807, 2.05) is 13.1 Å². The minimum absolute atomic E-state index is 0.0103. The molecule has 2 amide bonds. The van der Waals surface area contributed by atoms with Gasteiger partial charge in [-0.05, 0) is 31.4 Å². The van der Waals surface area contributed by atoms with Crippen molar-refractivity contribution < 1.29 is 28.5 Å². The molecular weight excluding hydrogens is 480 g/mol. The smallest absolute Gasteiger partial charge is 0.321 e. The van der Waals surface area contributed by atoms with E-state index in [0.29, 0.717) is 75.2 Å². The molecule has 2 N–H and O–H groups in total. The van der Waals surface area contributed by atoms with Crippen molar-refractivity contribution in [2.24, 2.45) is 5.92 Å². The highest BCUT2D eigenvalue weighted by Crippen LogP contribution is 2.32. The van der Waals surface area contributed by atoms with E-state index >= 15 is 0 Å². The van der Waals surface area contributed by atoms with Crippen molar-refractivity contribution in [1.29, 1.82) is 0 Å². The molecule has 1 aromatic carbocycles. The van der Waals surface area contributed by atoms with E-state index in [4.69, 9.17) is 18.9 Å². The summed E-state index contributed by atoms with van der Waals surface area (Å²) in [6.45, 7) is 7.12. The topological polar surface area (TPSA) is 129 Å². The first-order valence-electron chi connectivity index (χ1n) is 12.7. The second-order valence-electron chi connectivity index (χ2n) is 9.56. The van der Waals surface area contributed by atoms with Crippen molar-refractivity contribution in [3.63, 3.8) is 0 Å². The second-order valence-corrected chi connectivity index (χ2v) is 9.56. The highest BCUT2D eigenvalue weighted by Gasteiger charge is 2.24. The molecule has 12 nitrogen and oxygen atoms in total. The maximum Gasteiger partial charge on any atom is 0.321 e. The Hall–Kier alpha value is -3.38. The predicted octanol–water partition coefficient (Wildman–Crippen LogP) is 2.05. The summed E-state index contributed by atoms with van der Waals surface area (Å²) in [5.74, 6) is 1.10. The van der Waals surface area contributed by atoms with E-state index in [1.54, 1.807) is 34.8 Å². The molecule has 2 bridgehead atoms. The van der Waals surface area contributed by atoms with Gasteiger partial charge < -0.3 is 34.5 Å². The zero-order valence-corrected chi connectivity index (χ0v) is 21.6. The molecule has 4 rings (SSSR count). The molecule has 2 aromatic rings. The third-order valence-electron chi connectivity index (χ3n) is 6.31. The molecule has 0 saturated carbocycles. The number of benzene rings is 1. The molecule has 2 aliphatic rings. The van der Waals surface area contributed by atoms with Crippen LogP contribution in [0.4, 0.5) is 10.5 Å². The number of aryl methyl sites for hydroxylation is 1. The van der Waals surface area contributed by atoms with E-state index in [9.17, 15) is 9.59 Å². The first-order chi connectivity index (χ1) is 17.9. The summed E-state index contributed by atoms with van der Waals surface area (Å²) < 4.78 is 24.5. The zero-order chi connectivity index (χ0) is 26.2. The van der Waals surface area contributed by atoms with Gasteiger partial charge >= 0.3 is 12.0 Å². The van der Waals surface area contributed by atoms with Gasteiger partial charge in [0.1, 0.15) is 25.5 Å². The van der Waals surface area contributed by atoms with E-state index < -0.39 is 0 Å². The molecule has 3 atom stereocenters. The SMILES string of the molecule is C[C@H]1COC(=O)CCCn2cc(nn2)CO[C@@H](CN(C)C(=O)Nc2ccc3c(c2)OCCO3)[C@@H](C)CN1. The molecule has 12 heteroatoms. The van der Waals surface area contributed by atoms with Crippen LogP contribution in [0.15, 0.2) is 24.4 Å². The number of hydrogen-bond donors (Lipinski definition) is 2. The fourth-order valence-electron chi connectivity index (χ4n) is 4.05. The van der Waals surface area contributed by atoms with Crippen molar-refractivity contribution in [2.45, 2.75) is 52.0 Å². The lowest BCUT2D eigenvalue weighted by atomic mass is 10.0. The lowest BCUT2D eigenvalue weighted by Crippen LogP contribution is -2.44. The molecule has 2 aliphatic heterocycles. The Bertz CT molecular complexity index is 1060. The number of urea groups is 1. The number of rotatable bonds is 3. The van der Waals surface area contributed by atoms with Crippen LogP contribution in [0.2, 0.25) is 0 Å². The van der Waals surface area contributed by atoms with Gasteiger partial charge in [-0.2, -0.15) is 0 Å². The number of anilines is 1. The average molecular weight is 517 g/mol. The molecule has 37 heavy (non-hydrogen) atoms. The van der Waals surface area contributed by atoms with Gasteiger partial charge in [0.15, 0.2) is 11.5 Å². The Kier molecular flexibility index (Phi) is 9.18. The standard InChI is InChI=1S/C25H36N6O6/c1-17-12-26-18(2)15-37-24(32)5-4-8-31-13-20(28-29-31)16-36-23(17)14-30(3)25(33)27-19-6-7-21-22(11-19)35-10-9-34-21/h6-7,11,13,17-18,23,26H,4-5,8-10,12,14-16H2,1-3H3,(H,27,33)/t17-,18-,23-/m0/s1. The number of ether oxygens (including phenoxy) is 4. The molecule has 1 aromatic heterocycles. The van der Waals surface area contributed by atoms with E-state index in [2.05, 4.69) is 27.9 Å². The second kappa shape index (κ2) is 12.7. The number of nitrogens with one attached hydrogen (secondary N) is 2. The summed E-state index contributed by atoms with van der Waals surface area (Å²) >= 11 is 0. The summed E-state index contributed by atoms with van der Waals surface area (Å²) in [5.41, 5.74) is 1.31. The lowest BCUT2D eigenvalue weighted by Gasteiger charge is -2.30. The summed E-state index contributed by atoms with van der Waals surface area (Å²) in [7, 11) is 1.73. The molecule has 0 saturated heterocycles. The minimum Gasteiger partial charge on any atom is -0.486 e. The maximum absolute atomic E-state index is 13.0. The van der Waals surface area contributed by atoms with Crippen LogP contribution in [0.3, 0.4) is 0 Å². The van der Waals surface area contributed by atoms with E-state index in [-0.39, 0.29) is 36.7 Å². The maximum atomic E-state index is 13.0. The summed E-state index contributed by atoms with van der Waals surface area (Å²) in [6.07, 6.45) is 2.49. The van der Waals surface area contributed by atoms with Crippen LogP contribution in [0.5, 0.6) is 11.5 Å². The number of aromatic nitrogens is 3. The van der Waals surface area contributed by atoms with Crippen LogP contribution >= 0.6 is 0 Å². The zero-order valence-electron chi connectivity index (χ0n) is 21.6. The number of nitrogens with zero attached hydrogens (tertiary/aromatic N) is 4. The van der Waals surface area contributed by atoms with Crippen LogP contribution in [0.25, 0.3) is 0 Å². The molecule has 202 valence electrons. The van der Waals surface area contributed by atoms with Gasteiger partial charge in [0.25, 0.3) is 0 Å². The van der Waals surface area contributed by atoms with Crippen LogP contribution in [0, 0.1) is 5.92 Å². The number of esters is 1. The van der Waals surface area contributed by atoms with E-state index in [1.165, 1.54) is 0 Å². The number of carbonyl (C=O) groups is 2. The van der Waals surface area contributed by atoms with Crippen LogP contribution in [-0.4, -0.2) is 84.0 Å². The molecular formula is C25H36N6O6. The molecule has 0 unspecified atom stereocenters. The summed E-state index contributed by atoms with van der Waals surface area (Å²) in [5, 5.41) is 14.6. The van der Waals surface area contributed by atoms with Crippen molar-refractivity contribution in [3.8, 4) is 11.5 Å².